The summed E-state index contributed by atoms with van der Waals surface area (Å²) < 4.78 is 5.35. The van der Waals surface area contributed by atoms with Crippen LogP contribution < -0.4 is 10.6 Å². The van der Waals surface area contributed by atoms with Gasteiger partial charge in [-0.25, -0.2) is 4.79 Å². The molecule has 0 unspecified atom stereocenters. The Hall–Kier alpha value is -0.810. The number of morpholine rings is 1. The Morgan fingerprint density at radius 2 is 2.00 bits per heavy atom. The topological polar surface area (TPSA) is 70.6 Å². The number of piperidine rings is 1. The van der Waals surface area contributed by atoms with Crippen LogP contribution in [-0.4, -0.2) is 42.5 Å². The lowest BCUT2D eigenvalue weighted by atomic mass is 9.93. The smallest absolute Gasteiger partial charge is 0.404 e. The highest BCUT2D eigenvalue weighted by molar-refractivity contribution is 5.64. The van der Waals surface area contributed by atoms with Gasteiger partial charge < -0.3 is 20.5 Å². The van der Waals surface area contributed by atoms with Crippen molar-refractivity contribution in [2.45, 2.75) is 31.0 Å². The van der Waals surface area contributed by atoms with Crippen molar-refractivity contribution in [3.8, 4) is 0 Å². The van der Waals surface area contributed by atoms with E-state index >= 15 is 0 Å². The predicted octanol–water partition coefficient (Wildman–Crippen LogP) is -0.227. The molecular weight excluding hydrogens is 172 g/mol. The van der Waals surface area contributed by atoms with Crippen molar-refractivity contribution in [2.75, 3.05) is 13.2 Å². The summed E-state index contributed by atoms with van der Waals surface area (Å²) in [5.74, 6) is 0. The number of carboxylic acid groups (broad SMARTS) is 1. The molecule has 5 nitrogen and oxygen atoms in total. The molecule has 0 aromatic carbocycles. The molecule has 2 fully saturated rings. The first kappa shape index (κ1) is 8.77. The number of hydrogen-bond donors (Lipinski definition) is 3. The van der Waals surface area contributed by atoms with E-state index in [1.165, 1.54) is 0 Å². The van der Waals surface area contributed by atoms with Crippen molar-refractivity contribution < 1.29 is 14.6 Å². The molecule has 2 heterocycles. The van der Waals surface area contributed by atoms with Crippen LogP contribution in [0.15, 0.2) is 0 Å². The lowest BCUT2D eigenvalue weighted by molar-refractivity contribution is 0.0151. The normalized spacial score (nSPS) is 38.3. The quantitative estimate of drug-likeness (QED) is 0.529. The molecule has 74 valence electrons. The highest BCUT2D eigenvalue weighted by Crippen LogP contribution is 2.18. The average Bonchev–Trinajstić information content (AvgIpc) is 2.01. The van der Waals surface area contributed by atoms with Crippen molar-refractivity contribution in [1.82, 2.24) is 10.6 Å². The SMILES string of the molecule is O=C(O)N[C@H]1C[C@H]2COC[C@@H](C1)N2. The molecular formula is C8H14N2O3. The largest absolute Gasteiger partial charge is 0.465 e. The maximum atomic E-state index is 10.4. The molecule has 0 spiro atoms. The third-order valence-electron chi connectivity index (χ3n) is 2.58. The molecule has 1 amide bonds. The first-order valence-electron chi connectivity index (χ1n) is 4.57. The Kier molecular flexibility index (Phi) is 2.37. The van der Waals surface area contributed by atoms with Crippen molar-refractivity contribution in [3.63, 3.8) is 0 Å². The monoisotopic (exact) mass is 186 g/mol. The van der Waals surface area contributed by atoms with Crippen molar-refractivity contribution in [2.24, 2.45) is 0 Å². The molecule has 0 aromatic rings. The van der Waals surface area contributed by atoms with Gasteiger partial charge in [-0.1, -0.05) is 0 Å². The van der Waals surface area contributed by atoms with Crippen LogP contribution in [0.2, 0.25) is 0 Å². The third kappa shape index (κ3) is 2.10. The van der Waals surface area contributed by atoms with Gasteiger partial charge in [-0.15, -0.1) is 0 Å². The van der Waals surface area contributed by atoms with E-state index in [1.807, 2.05) is 0 Å². The molecule has 5 heteroatoms. The van der Waals surface area contributed by atoms with Crippen LogP contribution in [0, 0.1) is 0 Å². The third-order valence-corrected chi connectivity index (χ3v) is 2.58. The second kappa shape index (κ2) is 3.51. The van der Waals surface area contributed by atoms with E-state index in [2.05, 4.69) is 10.6 Å². The molecule has 3 atom stereocenters. The summed E-state index contributed by atoms with van der Waals surface area (Å²) in [5, 5.41) is 14.5. The zero-order valence-electron chi connectivity index (χ0n) is 7.32. The number of rotatable bonds is 1. The lowest BCUT2D eigenvalue weighted by Crippen LogP contribution is -2.58. The number of fused-ring (bicyclic) bond motifs is 2. The first-order chi connectivity index (χ1) is 6.24. The van der Waals surface area contributed by atoms with Gasteiger partial charge in [-0.3, -0.25) is 0 Å². The van der Waals surface area contributed by atoms with E-state index in [4.69, 9.17) is 9.84 Å². The summed E-state index contributed by atoms with van der Waals surface area (Å²) in [6.45, 7) is 1.41. The molecule has 0 aliphatic carbocycles. The van der Waals surface area contributed by atoms with Crippen LogP contribution in [0.5, 0.6) is 0 Å². The van der Waals surface area contributed by atoms with E-state index in [0.29, 0.717) is 25.3 Å². The van der Waals surface area contributed by atoms with Gasteiger partial charge in [0.1, 0.15) is 0 Å². The van der Waals surface area contributed by atoms with E-state index < -0.39 is 6.09 Å². The molecule has 2 rings (SSSR count). The average molecular weight is 186 g/mol. The minimum atomic E-state index is -0.925. The molecule has 2 saturated heterocycles. The van der Waals surface area contributed by atoms with Gasteiger partial charge in [-0.05, 0) is 12.8 Å². The van der Waals surface area contributed by atoms with Gasteiger partial charge in [0.25, 0.3) is 0 Å². The maximum absolute atomic E-state index is 10.4. The summed E-state index contributed by atoms with van der Waals surface area (Å²) in [5.41, 5.74) is 0. The van der Waals surface area contributed by atoms with Crippen LogP contribution in [0.3, 0.4) is 0 Å². The van der Waals surface area contributed by atoms with Gasteiger partial charge in [0.05, 0.1) is 13.2 Å². The standard InChI is InChI=1S/C8H14N2O3/c11-8(12)10-5-1-6-3-13-4-7(2-5)9-6/h5-7,9-10H,1-4H2,(H,11,12)/t5-,6-,7+. The van der Waals surface area contributed by atoms with Crippen LogP contribution in [0.4, 0.5) is 4.79 Å². The second-order valence-electron chi connectivity index (χ2n) is 3.72. The van der Waals surface area contributed by atoms with Crippen LogP contribution in [0.25, 0.3) is 0 Å². The summed E-state index contributed by atoms with van der Waals surface area (Å²) in [7, 11) is 0. The first-order valence-corrected chi connectivity index (χ1v) is 4.57. The highest BCUT2D eigenvalue weighted by atomic mass is 16.5. The van der Waals surface area contributed by atoms with Crippen LogP contribution in [-0.2, 0) is 4.74 Å². The Morgan fingerprint density at radius 1 is 1.38 bits per heavy atom. The summed E-state index contributed by atoms with van der Waals surface area (Å²) in [6.07, 6.45) is 0.747. The van der Waals surface area contributed by atoms with E-state index in [9.17, 15) is 4.79 Å². The summed E-state index contributed by atoms with van der Waals surface area (Å²) in [6, 6.07) is 0.742. The summed E-state index contributed by atoms with van der Waals surface area (Å²) in [4.78, 5) is 10.4. The molecule has 2 aliphatic rings. The van der Waals surface area contributed by atoms with Gasteiger partial charge in [0.15, 0.2) is 0 Å². The minimum absolute atomic E-state index is 0.0950. The fourth-order valence-corrected chi connectivity index (χ4v) is 2.13. The van der Waals surface area contributed by atoms with Crippen molar-refractivity contribution >= 4 is 6.09 Å². The van der Waals surface area contributed by atoms with E-state index in [0.717, 1.165) is 12.8 Å². The molecule has 0 aromatic heterocycles. The van der Waals surface area contributed by atoms with Crippen LogP contribution >= 0.6 is 0 Å². The molecule has 13 heavy (non-hydrogen) atoms. The Balaban J connectivity index is 1.90. The van der Waals surface area contributed by atoms with Gasteiger partial charge in [-0.2, -0.15) is 0 Å². The Morgan fingerprint density at radius 3 is 2.54 bits per heavy atom. The van der Waals surface area contributed by atoms with Crippen LogP contribution in [0.1, 0.15) is 12.8 Å². The highest BCUT2D eigenvalue weighted by Gasteiger charge is 2.32. The number of hydrogen-bond acceptors (Lipinski definition) is 3. The van der Waals surface area contributed by atoms with Gasteiger partial charge >= 0.3 is 6.09 Å². The van der Waals surface area contributed by atoms with Gasteiger partial charge in [0, 0.05) is 18.1 Å². The minimum Gasteiger partial charge on any atom is -0.465 e. The zero-order chi connectivity index (χ0) is 9.26. The molecule has 0 radical (unpaired) electrons. The number of nitrogens with one attached hydrogen (secondary N) is 2. The molecule has 2 aliphatic heterocycles. The second-order valence-corrected chi connectivity index (χ2v) is 3.72. The zero-order valence-corrected chi connectivity index (χ0v) is 7.32. The van der Waals surface area contributed by atoms with Crippen molar-refractivity contribution in [3.05, 3.63) is 0 Å². The number of amides is 1. The molecule has 3 N–H and O–H groups in total. The fourth-order valence-electron chi connectivity index (χ4n) is 2.13. The molecule has 0 saturated carbocycles. The van der Waals surface area contributed by atoms with E-state index in [1.54, 1.807) is 0 Å². The predicted molar refractivity (Wildman–Crippen MR) is 45.7 cm³/mol. The lowest BCUT2D eigenvalue weighted by Gasteiger charge is -2.39. The van der Waals surface area contributed by atoms with E-state index in [-0.39, 0.29) is 6.04 Å². The Labute approximate surface area is 76.5 Å². The van der Waals surface area contributed by atoms with Crippen molar-refractivity contribution in [1.29, 1.82) is 0 Å². The number of ether oxygens (including phenoxy) is 1. The maximum Gasteiger partial charge on any atom is 0.404 e. The summed E-state index contributed by atoms with van der Waals surface area (Å²) >= 11 is 0. The fraction of sp³-hybridized carbons (Fsp3) is 0.875. The van der Waals surface area contributed by atoms with Gasteiger partial charge in [0.2, 0.25) is 0 Å². The Bertz CT molecular complexity index is 198. The molecule has 2 bridgehead atoms. The number of carbonyl (C=O) groups is 1.